The Morgan fingerprint density at radius 3 is 2.04 bits per heavy atom. The van der Waals surface area contributed by atoms with Crippen molar-refractivity contribution in [2.45, 2.75) is 39.8 Å². The van der Waals surface area contributed by atoms with Gasteiger partial charge in [-0.05, 0) is 45.0 Å². The summed E-state index contributed by atoms with van der Waals surface area (Å²) in [6.07, 6.45) is -1.02. The molecule has 7 nitrogen and oxygen atoms in total. The average Bonchev–Trinajstić information content (AvgIpc) is 2.46. The summed E-state index contributed by atoms with van der Waals surface area (Å²) in [5.74, 6) is -1.65. The Bertz CT molecular complexity index is 609. The lowest BCUT2D eigenvalue weighted by Gasteiger charge is -2.17. The second-order valence-electron chi connectivity index (χ2n) is 5.12. The molecule has 1 aromatic carbocycles. The van der Waals surface area contributed by atoms with Gasteiger partial charge in [0.2, 0.25) is 5.91 Å². The summed E-state index contributed by atoms with van der Waals surface area (Å²) in [4.78, 5) is 45.7. The van der Waals surface area contributed by atoms with Gasteiger partial charge in [-0.2, -0.15) is 0 Å². The minimum absolute atomic E-state index is 0.0721. The smallest absolute Gasteiger partial charge is 0.329 e. The molecule has 1 rings (SSSR count). The maximum Gasteiger partial charge on any atom is 0.329 e. The van der Waals surface area contributed by atoms with Crippen LogP contribution < -0.4 is 10.6 Å². The molecule has 0 saturated heterocycles. The molecule has 2 N–H and O–H groups in total. The standard InChI is InChI=1S/C16H20N2O5/c1-9(17-12(4)20)16(22)23-11(3)15(21)18-14-7-5-13(6-8-14)10(2)19/h5-9,11H,1-4H3,(H,17,20)(H,18,21)/t9-,11-/m1/s1. The minimum Gasteiger partial charge on any atom is -0.451 e. The maximum atomic E-state index is 12.0. The van der Waals surface area contributed by atoms with Gasteiger partial charge in [0.15, 0.2) is 11.9 Å². The number of esters is 1. The summed E-state index contributed by atoms with van der Waals surface area (Å²) < 4.78 is 4.99. The van der Waals surface area contributed by atoms with Gasteiger partial charge < -0.3 is 15.4 Å². The number of amides is 2. The summed E-state index contributed by atoms with van der Waals surface area (Å²) in [6, 6.07) is 5.52. The molecule has 2 atom stereocenters. The van der Waals surface area contributed by atoms with E-state index >= 15 is 0 Å². The van der Waals surface area contributed by atoms with Crippen LogP contribution in [0.4, 0.5) is 5.69 Å². The number of Topliss-reactive ketones (excluding diaryl/α,β-unsaturated/α-hetero) is 1. The zero-order chi connectivity index (χ0) is 17.6. The van der Waals surface area contributed by atoms with Crippen LogP contribution in [0.25, 0.3) is 0 Å². The molecule has 0 aliphatic rings. The number of ketones is 1. The molecular formula is C16H20N2O5. The van der Waals surface area contributed by atoms with Crippen molar-refractivity contribution in [1.82, 2.24) is 5.32 Å². The zero-order valence-electron chi connectivity index (χ0n) is 13.5. The Morgan fingerprint density at radius 1 is 1.00 bits per heavy atom. The first kappa shape index (κ1) is 18.3. The van der Waals surface area contributed by atoms with Crippen LogP contribution in [0.2, 0.25) is 0 Å². The van der Waals surface area contributed by atoms with E-state index in [1.54, 1.807) is 24.3 Å². The lowest BCUT2D eigenvalue weighted by molar-refractivity contribution is -0.155. The zero-order valence-corrected chi connectivity index (χ0v) is 13.5. The Labute approximate surface area is 134 Å². The quantitative estimate of drug-likeness (QED) is 0.607. The van der Waals surface area contributed by atoms with Crippen molar-refractivity contribution in [3.05, 3.63) is 29.8 Å². The van der Waals surface area contributed by atoms with Crippen LogP contribution in [0, 0.1) is 0 Å². The highest BCUT2D eigenvalue weighted by molar-refractivity contribution is 5.97. The minimum atomic E-state index is -1.02. The molecule has 0 saturated carbocycles. The third kappa shape index (κ3) is 5.90. The molecule has 0 unspecified atom stereocenters. The van der Waals surface area contributed by atoms with Gasteiger partial charge in [0.1, 0.15) is 6.04 Å². The van der Waals surface area contributed by atoms with Gasteiger partial charge in [-0.1, -0.05) is 0 Å². The number of ether oxygens (including phenoxy) is 1. The Kier molecular flexibility index (Phi) is 6.44. The van der Waals surface area contributed by atoms with Crippen LogP contribution in [0.15, 0.2) is 24.3 Å². The van der Waals surface area contributed by atoms with Crippen molar-refractivity contribution in [2.24, 2.45) is 0 Å². The van der Waals surface area contributed by atoms with Crippen LogP contribution in [0.3, 0.4) is 0 Å². The lowest BCUT2D eigenvalue weighted by Crippen LogP contribution is -2.41. The molecule has 0 aliphatic heterocycles. The van der Waals surface area contributed by atoms with Crippen molar-refractivity contribution in [3.8, 4) is 0 Å². The number of anilines is 1. The maximum absolute atomic E-state index is 12.0. The molecule has 0 aliphatic carbocycles. The number of carbonyl (C=O) groups is 4. The van der Waals surface area contributed by atoms with Crippen molar-refractivity contribution >= 4 is 29.3 Å². The monoisotopic (exact) mass is 320 g/mol. The highest BCUT2D eigenvalue weighted by atomic mass is 16.5. The SMILES string of the molecule is CC(=O)N[C@H](C)C(=O)O[C@H](C)C(=O)Nc1ccc(C(C)=O)cc1. The van der Waals surface area contributed by atoms with E-state index in [-0.39, 0.29) is 11.7 Å². The number of rotatable bonds is 6. The summed E-state index contributed by atoms with van der Waals surface area (Å²) in [7, 11) is 0. The van der Waals surface area contributed by atoms with Crippen LogP contribution in [-0.4, -0.2) is 35.7 Å². The normalized spacial score (nSPS) is 12.7. The van der Waals surface area contributed by atoms with Crippen LogP contribution in [0.5, 0.6) is 0 Å². The highest BCUT2D eigenvalue weighted by Gasteiger charge is 2.22. The van der Waals surface area contributed by atoms with Gasteiger partial charge in [0.05, 0.1) is 0 Å². The topological polar surface area (TPSA) is 102 Å². The van der Waals surface area contributed by atoms with Gasteiger partial charge >= 0.3 is 5.97 Å². The number of benzene rings is 1. The summed E-state index contributed by atoms with van der Waals surface area (Å²) >= 11 is 0. The van der Waals surface area contributed by atoms with E-state index in [1.807, 2.05) is 0 Å². The number of carbonyl (C=O) groups excluding carboxylic acids is 4. The Balaban J connectivity index is 2.58. The largest absolute Gasteiger partial charge is 0.451 e. The fraction of sp³-hybridized carbons (Fsp3) is 0.375. The van der Waals surface area contributed by atoms with E-state index in [9.17, 15) is 19.2 Å². The number of nitrogens with one attached hydrogen (secondary N) is 2. The Morgan fingerprint density at radius 2 is 1.57 bits per heavy atom. The molecule has 0 bridgehead atoms. The summed E-state index contributed by atoms with van der Waals surface area (Å²) in [5.41, 5.74) is 1.02. The molecule has 1 aromatic rings. The lowest BCUT2D eigenvalue weighted by atomic mass is 10.1. The van der Waals surface area contributed by atoms with Crippen molar-refractivity contribution < 1.29 is 23.9 Å². The Hall–Kier alpha value is -2.70. The van der Waals surface area contributed by atoms with Gasteiger partial charge in [0, 0.05) is 18.2 Å². The third-order valence-electron chi connectivity index (χ3n) is 2.99. The van der Waals surface area contributed by atoms with Gasteiger partial charge in [0.25, 0.3) is 5.91 Å². The number of hydrogen-bond acceptors (Lipinski definition) is 5. The van der Waals surface area contributed by atoms with Gasteiger partial charge in [-0.25, -0.2) is 4.79 Å². The predicted molar refractivity (Wildman–Crippen MR) is 83.9 cm³/mol. The summed E-state index contributed by atoms with van der Waals surface area (Å²) in [6.45, 7) is 5.63. The van der Waals surface area contributed by atoms with E-state index in [1.165, 1.54) is 27.7 Å². The van der Waals surface area contributed by atoms with Crippen molar-refractivity contribution in [3.63, 3.8) is 0 Å². The molecule has 0 radical (unpaired) electrons. The molecule has 2 amide bonds. The molecular weight excluding hydrogens is 300 g/mol. The second kappa shape index (κ2) is 8.07. The molecule has 7 heteroatoms. The molecule has 0 spiro atoms. The van der Waals surface area contributed by atoms with Crippen molar-refractivity contribution in [1.29, 1.82) is 0 Å². The number of hydrogen-bond donors (Lipinski definition) is 2. The fourth-order valence-electron chi connectivity index (χ4n) is 1.73. The predicted octanol–water partition coefficient (Wildman–Crippen LogP) is 1.28. The van der Waals surface area contributed by atoms with Crippen LogP contribution >= 0.6 is 0 Å². The van der Waals surface area contributed by atoms with Crippen LogP contribution in [0.1, 0.15) is 38.1 Å². The first-order valence-electron chi connectivity index (χ1n) is 7.10. The van der Waals surface area contributed by atoms with E-state index in [0.29, 0.717) is 11.3 Å². The highest BCUT2D eigenvalue weighted by Crippen LogP contribution is 2.11. The molecule has 0 heterocycles. The summed E-state index contributed by atoms with van der Waals surface area (Å²) in [5, 5.41) is 4.95. The first-order chi connectivity index (χ1) is 10.7. The van der Waals surface area contributed by atoms with Gasteiger partial charge in [-0.3, -0.25) is 14.4 Å². The van der Waals surface area contributed by atoms with E-state index < -0.39 is 24.0 Å². The fourth-order valence-corrected chi connectivity index (χ4v) is 1.73. The van der Waals surface area contributed by atoms with E-state index in [0.717, 1.165) is 0 Å². The first-order valence-corrected chi connectivity index (χ1v) is 7.10. The van der Waals surface area contributed by atoms with E-state index in [4.69, 9.17) is 4.74 Å². The molecule has 0 aromatic heterocycles. The molecule has 23 heavy (non-hydrogen) atoms. The van der Waals surface area contributed by atoms with Crippen molar-refractivity contribution in [2.75, 3.05) is 5.32 Å². The molecule has 124 valence electrons. The van der Waals surface area contributed by atoms with Gasteiger partial charge in [-0.15, -0.1) is 0 Å². The third-order valence-corrected chi connectivity index (χ3v) is 2.99. The second-order valence-corrected chi connectivity index (χ2v) is 5.12. The molecule has 0 fully saturated rings. The van der Waals surface area contributed by atoms with Crippen LogP contribution in [-0.2, 0) is 19.1 Å². The average molecular weight is 320 g/mol. The van der Waals surface area contributed by atoms with E-state index in [2.05, 4.69) is 10.6 Å².